The molecule has 0 aliphatic carbocycles. The largest absolute Gasteiger partial charge is 0.497 e. The number of methoxy groups -OCH3 is 2. The molecule has 7 heteroatoms. The maximum absolute atomic E-state index is 14.0. The van der Waals surface area contributed by atoms with Gasteiger partial charge in [-0.3, -0.25) is 4.79 Å². The molecule has 0 saturated carbocycles. The van der Waals surface area contributed by atoms with Gasteiger partial charge in [-0.25, -0.2) is 4.39 Å². The van der Waals surface area contributed by atoms with Crippen molar-refractivity contribution < 1.29 is 28.1 Å². The maximum Gasteiger partial charge on any atom is 0.231 e. The zero-order valence-corrected chi connectivity index (χ0v) is 18.5. The second-order valence-corrected chi connectivity index (χ2v) is 7.51. The van der Waals surface area contributed by atoms with Crippen molar-refractivity contribution in [1.82, 2.24) is 0 Å². The summed E-state index contributed by atoms with van der Waals surface area (Å²) in [5, 5.41) is 0.285. The average Bonchev–Trinajstić information content (AvgIpc) is 3.10. The zero-order chi connectivity index (χ0) is 22.8. The Kier molecular flexibility index (Phi) is 6.06. The third-order valence-corrected chi connectivity index (χ3v) is 5.55. The molecule has 0 radical (unpaired) electrons. The van der Waals surface area contributed by atoms with Crippen molar-refractivity contribution in [3.63, 3.8) is 0 Å². The quantitative estimate of drug-likeness (QED) is 0.427. The molecular weight excluding hydrogens is 435 g/mol. The Morgan fingerprint density at radius 1 is 1.06 bits per heavy atom. The lowest BCUT2D eigenvalue weighted by Crippen LogP contribution is -2.01. The third-order valence-electron chi connectivity index (χ3n) is 5.19. The first-order valence-corrected chi connectivity index (χ1v) is 10.2. The highest BCUT2D eigenvalue weighted by Gasteiger charge is 2.30. The van der Waals surface area contributed by atoms with Gasteiger partial charge in [-0.05, 0) is 55.5 Å². The van der Waals surface area contributed by atoms with E-state index >= 15 is 0 Å². The van der Waals surface area contributed by atoms with Gasteiger partial charge in [0.25, 0.3) is 0 Å². The van der Waals surface area contributed by atoms with E-state index in [9.17, 15) is 9.18 Å². The molecule has 32 heavy (non-hydrogen) atoms. The highest BCUT2D eigenvalue weighted by Crippen LogP contribution is 2.40. The van der Waals surface area contributed by atoms with Gasteiger partial charge in [0.2, 0.25) is 5.78 Å². The Morgan fingerprint density at radius 2 is 1.84 bits per heavy atom. The molecule has 3 aromatic rings. The minimum absolute atomic E-state index is 0.0528. The Balaban J connectivity index is 1.62. The smallest absolute Gasteiger partial charge is 0.231 e. The van der Waals surface area contributed by atoms with E-state index in [2.05, 4.69) is 0 Å². The molecule has 164 valence electrons. The molecule has 0 spiro atoms. The second-order valence-electron chi connectivity index (χ2n) is 7.10. The summed E-state index contributed by atoms with van der Waals surface area (Å²) < 4.78 is 36.4. The van der Waals surface area contributed by atoms with Gasteiger partial charge in [-0.2, -0.15) is 0 Å². The Bertz CT molecular complexity index is 1210. The van der Waals surface area contributed by atoms with Crippen LogP contribution in [0.15, 0.2) is 54.3 Å². The normalized spacial score (nSPS) is 13.7. The van der Waals surface area contributed by atoms with E-state index in [0.29, 0.717) is 39.7 Å². The van der Waals surface area contributed by atoms with Gasteiger partial charge in [0.15, 0.2) is 5.76 Å². The molecule has 5 nitrogen and oxygen atoms in total. The summed E-state index contributed by atoms with van der Waals surface area (Å²) in [6, 6.07) is 13.0. The van der Waals surface area contributed by atoms with Crippen LogP contribution in [0.4, 0.5) is 4.39 Å². The van der Waals surface area contributed by atoms with Crippen molar-refractivity contribution in [3.05, 3.63) is 87.4 Å². The number of ether oxygens (including phenoxy) is 4. The predicted octanol–water partition coefficient (Wildman–Crippen LogP) is 6.00. The van der Waals surface area contributed by atoms with Crippen molar-refractivity contribution in [2.24, 2.45) is 0 Å². The molecule has 0 saturated heterocycles. The molecule has 0 N–H and O–H groups in total. The molecule has 3 aromatic carbocycles. The SMILES string of the molecule is COc1ccc(OC)c(/C=C2\Oc3c(ccc(OCc4c(F)cccc4Cl)c3C)C2=O)c1. The molecule has 1 aliphatic heterocycles. The fourth-order valence-electron chi connectivity index (χ4n) is 3.44. The predicted molar refractivity (Wildman–Crippen MR) is 119 cm³/mol. The number of carbonyl (C=O) groups excluding carboxylic acids is 1. The van der Waals surface area contributed by atoms with Gasteiger partial charge in [-0.1, -0.05) is 17.7 Å². The summed E-state index contributed by atoms with van der Waals surface area (Å²) in [4.78, 5) is 12.9. The summed E-state index contributed by atoms with van der Waals surface area (Å²) in [6.07, 6.45) is 1.61. The minimum Gasteiger partial charge on any atom is -0.497 e. The van der Waals surface area contributed by atoms with E-state index in [4.69, 9.17) is 30.5 Å². The summed E-state index contributed by atoms with van der Waals surface area (Å²) in [7, 11) is 3.11. The van der Waals surface area contributed by atoms with Crippen LogP contribution in [0.25, 0.3) is 6.08 Å². The zero-order valence-electron chi connectivity index (χ0n) is 17.7. The summed E-state index contributed by atoms with van der Waals surface area (Å²) in [5.41, 5.74) is 1.96. The van der Waals surface area contributed by atoms with Crippen LogP contribution in [-0.4, -0.2) is 20.0 Å². The molecule has 4 rings (SSSR count). The van der Waals surface area contributed by atoms with Gasteiger partial charge >= 0.3 is 0 Å². The average molecular weight is 455 g/mol. The van der Waals surface area contributed by atoms with Crippen molar-refractivity contribution in [1.29, 1.82) is 0 Å². The van der Waals surface area contributed by atoms with Gasteiger partial charge < -0.3 is 18.9 Å². The number of hydrogen-bond acceptors (Lipinski definition) is 5. The first-order valence-electron chi connectivity index (χ1n) is 9.78. The molecule has 0 aromatic heterocycles. The molecule has 1 aliphatic rings. The summed E-state index contributed by atoms with van der Waals surface area (Å²) in [6.45, 7) is 1.72. The Labute approximate surface area is 189 Å². The van der Waals surface area contributed by atoms with Gasteiger partial charge in [0, 0.05) is 16.7 Å². The number of ketones is 1. The summed E-state index contributed by atoms with van der Waals surface area (Å²) >= 11 is 6.07. The summed E-state index contributed by atoms with van der Waals surface area (Å²) in [5.74, 6) is 1.53. The van der Waals surface area contributed by atoms with Crippen molar-refractivity contribution in [3.8, 4) is 23.0 Å². The molecule has 0 atom stereocenters. The molecule has 0 fully saturated rings. The number of halogens is 2. The van der Waals surface area contributed by atoms with Crippen LogP contribution in [0, 0.1) is 12.7 Å². The third kappa shape index (κ3) is 4.01. The Hall–Kier alpha value is -3.51. The monoisotopic (exact) mass is 454 g/mol. The van der Waals surface area contributed by atoms with Gasteiger partial charge in [0.05, 0.1) is 24.8 Å². The Morgan fingerprint density at radius 3 is 2.56 bits per heavy atom. The molecule has 1 heterocycles. The number of fused-ring (bicyclic) bond motifs is 1. The van der Waals surface area contributed by atoms with Crippen LogP contribution in [0.1, 0.15) is 27.0 Å². The number of carbonyl (C=O) groups is 1. The van der Waals surface area contributed by atoms with E-state index in [1.54, 1.807) is 63.6 Å². The van der Waals surface area contributed by atoms with Crippen molar-refractivity contribution in [2.45, 2.75) is 13.5 Å². The highest BCUT2D eigenvalue weighted by molar-refractivity contribution is 6.31. The van der Waals surface area contributed by atoms with E-state index in [-0.39, 0.29) is 28.7 Å². The number of rotatable bonds is 6. The van der Waals surface area contributed by atoms with E-state index in [1.807, 2.05) is 0 Å². The van der Waals surface area contributed by atoms with E-state index < -0.39 is 5.82 Å². The first kappa shape index (κ1) is 21.7. The fourth-order valence-corrected chi connectivity index (χ4v) is 3.66. The van der Waals surface area contributed by atoms with Gasteiger partial charge in [-0.15, -0.1) is 0 Å². The lowest BCUT2D eigenvalue weighted by Gasteiger charge is -2.12. The van der Waals surface area contributed by atoms with Crippen LogP contribution >= 0.6 is 11.6 Å². The number of Topliss-reactive ketones (excluding diaryl/α,β-unsaturated/α-hetero) is 1. The van der Waals surface area contributed by atoms with Crippen LogP contribution in [-0.2, 0) is 6.61 Å². The lowest BCUT2D eigenvalue weighted by atomic mass is 10.1. The topological polar surface area (TPSA) is 54.0 Å². The maximum atomic E-state index is 14.0. The van der Waals surface area contributed by atoms with Crippen LogP contribution in [0.3, 0.4) is 0 Å². The lowest BCUT2D eigenvalue weighted by molar-refractivity contribution is 0.101. The van der Waals surface area contributed by atoms with Gasteiger partial charge in [0.1, 0.15) is 35.4 Å². The standard InChI is InChI=1S/C25H20ClFO5/c1-14-21(31-13-18-19(26)5-4-6-20(18)27)10-8-17-24(28)23(32-25(14)17)12-15-11-16(29-2)7-9-22(15)30-3/h4-12H,13H2,1-3H3/b23-12-. The fraction of sp³-hybridized carbons (Fsp3) is 0.160. The first-order chi connectivity index (χ1) is 15.4. The highest BCUT2D eigenvalue weighted by atomic mass is 35.5. The van der Waals surface area contributed by atoms with Crippen molar-refractivity contribution >= 4 is 23.5 Å². The van der Waals surface area contributed by atoms with Crippen LogP contribution < -0.4 is 18.9 Å². The van der Waals surface area contributed by atoms with Crippen molar-refractivity contribution in [2.75, 3.05) is 14.2 Å². The van der Waals surface area contributed by atoms with Crippen LogP contribution in [0.2, 0.25) is 5.02 Å². The number of allylic oxidation sites excluding steroid dienone is 1. The van der Waals surface area contributed by atoms with Crippen LogP contribution in [0.5, 0.6) is 23.0 Å². The van der Waals surface area contributed by atoms with E-state index in [0.717, 1.165) is 0 Å². The molecule has 0 bridgehead atoms. The number of benzene rings is 3. The molecule has 0 unspecified atom stereocenters. The minimum atomic E-state index is -0.444. The molecular formula is C25H20ClFO5. The molecule has 0 amide bonds. The second kappa shape index (κ2) is 8.93. The number of hydrogen-bond donors (Lipinski definition) is 0. The van der Waals surface area contributed by atoms with E-state index in [1.165, 1.54) is 12.1 Å².